The van der Waals surface area contributed by atoms with Crippen molar-refractivity contribution in [3.8, 4) is 16.3 Å². The molecular weight excluding hydrogens is 420 g/mol. The standard InChI is InChI=1S/C25H28N4O2S/c1-17-27-22(13-23(28-17)24-8-5-11-32-24)21-15-29-10-9-18(21)12-19(29)14-26-25(30)16-31-20-6-3-2-4-7-20/h2-8,11,13,18-19,21H,9-10,12,14-16H2,1H3,(H,26,30)/t18-,19+,21+/m0/s1. The Hall–Kier alpha value is -2.77. The molecule has 32 heavy (non-hydrogen) atoms. The van der Waals surface area contributed by atoms with E-state index >= 15 is 0 Å². The predicted octanol–water partition coefficient (Wildman–Crippen LogP) is 3.89. The van der Waals surface area contributed by atoms with Gasteiger partial charge in [-0.25, -0.2) is 9.97 Å². The van der Waals surface area contributed by atoms with Gasteiger partial charge in [-0.1, -0.05) is 24.3 Å². The van der Waals surface area contributed by atoms with Crippen molar-refractivity contribution in [3.63, 3.8) is 0 Å². The van der Waals surface area contributed by atoms with Gasteiger partial charge >= 0.3 is 0 Å². The largest absolute Gasteiger partial charge is 0.484 e. The van der Waals surface area contributed by atoms with E-state index in [0.29, 0.717) is 30.2 Å². The van der Waals surface area contributed by atoms with Crippen LogP contribution in [0.2, 0.25) is 0 Å². The first-order valence-electron chi connectivity index (χ1n) is 11.2. The lowest BCUT2D eigenvalue weighted by molar-refractivity contribution is -0.123. The fraction of sp³-hybridized carbons (Fsp3) is 0.400. The third-order valence-electron chi connectivity index (χ3n) is 6.54. The van der Waals surface area contributed by atoms with E-state index in [2.05, 4.69) is 38.8 Å². The molecule has 1 aromatic carbocycles. The average Bonchev–Trinajstić information content (AvgIpc) is 3.37. The number of rotatable bonds is 7. The van der Waals surface area contributed by atoms with E-state index in [1.807, 2.05) is 37.3 Å². The third-order valence-corrected chi connectivity index (χ3v) is 7.43. The number of aryl methyl sites for hydroxylation is 1. The Morgan fingerprint density at radius 2 is 2.09 bits per heavy atom. The molecular formula is C25H28N4O2S. The van der Waals surface area contributed by atoms with Crippen molar-refractivity contribution in [2.45, 2.75) is 31.7 Å². The number of ether oxygens (including phenoxy) is 1. The maximum absolute atomic E-state index is 12.3. The van der Waals surface area contributed by atoms with Crippen LogP contribution in [0.25, 0.3) is 10.6 Å². The summed E-state index contributed by atoms with van der Waals surface area (Å²) in [6, 6.07) is 16.2. The number of amides is 1. The summed E-state index contributed by atoms with van der Waals surface area (Å²) < 4.78 is 5.56. The van der Waals surface area contributed by atoms with Crippen LogP contribution in [-0.2, 0) is 4.79 Å². The van der Waals surface area contributed by atoms with Crippen molar-refractivity contribution in [2.24, 2.45) is 5.92 Å². The van der Waals surface area contributed by atoms with E-state index in [4.69, 9.17) is 9.72 Å². The van der Waals surface area contributed by atoms with E-state index in [9.17, 15) is 4.79 Å². The quantitative estimate of drug-likeness (QED) is 0.594. The molecule has 3 fully saturated rings. The number of carbonyl (C=O) groups excluding carboxylic acids is 1. The Morgan fingerprint density at radius 1 is 1.22 bits per heavy atom. The highest BCUT2D eigenvalue weighted by atomic mass is 32.1. The molecule has 4 atom stereocenters. The Morgan fingerprint density at radius 3 is 2.84 bits per heavy atom. The van der Waals surface area contributed by atoms with Crippen molar-refractivity contribution in [1.29, 1.82) is 0 Å². The molecule has 6 rings (SSSR count). The topological polar surface area (TPSA) is 67.4 Å². The van der Waals surface area contributed by atoms with Crippen molar-refractivity contribution in [2.75, 3.05) is 26.2 Å². The van der Waals surface area contributed by atoms with Gasteiger partial charge < -0.3 is 10.1 Å². The number of nitrogens with one attached hydrogen (secondary N) is 1. The Balaban J connectivity index is 1.18. The summed E-state index contributed by atoms with van der Waals surface area (Å²) in [5, 5.41) is 5.16. The van der Waals surface area contributed by atoms with Crippen LogP contribution in [0.5, 0.6) is 5.75 Å². The summed E-state index contributed by atoms with van der Waals surface area (Å²) in [6.45, 7) is 4.78. The highest BCUT2D eigenvalue weighted by molar-refractivity contribution is 7.13. The molecule has 3 saturated heterocycles. The molecule has 0 aliphatic carbocycles. The fourth-order valence-electron chi connectivity index (χ4n) is 4.97. The van der Waals surface area contributed by atoms with Crippen molar-refractivity contribution < 1.29 is 9.53 Å². The molecule has 166 valence electrons. The average molecular weight is 449 g/mol. The highest BCUT2D eigenvalue weighted by Gasteiger charge is 2.41. The molecule has 2 bridgehead atoms. The smallest absolute Gasteiger partial charge is 0.257 e. The maximum Gasteiger partial charge on any atom is 0.257 e. The van der Waals surface area contributed by atoms with E-state index in [-0.39, 0.29) is 12.5 Å². The minimum absolute atomic E-state index is 0.0501. The molecule has 3 aromatic rings. The lowest BCUT2D eigenvalue weighted by Crippen LogP contribution is -2.56. The first-order valence-corrected chi connectivity index (χ1v) is 12.1. The van der Waals surface area contributed by atoms with Crippen LogP contribution >= 0.6 is 11.3 Å². The van der Waals surface area contributed by atoms with Gasteiger partial charge in [0.05, 0.1) is 10.6 Å². The molecule has 0 saturated carbocycles. The summed E-state index contributed by atoms with van der Waals surface area (Å²) in [7, 11) is 0. The van der Waals surface area contributed by atoms with Gasteiger partial charge in [-0.15, -0.1) is 11.3 Å². The van der Waals surface area contributed by atoms with Crippen LogP contribution in [0.4, 0.5) is 0 Å². The number of piperidine rings is 3. The van der Waals surface area contributed by atoms with Gasteiger partial charge in [-0.2, -0.15) is 0 Å². The van der Waals surface area contributed by atoms with Gasteiger partial charge in [0.2, 0.25) is 0 Å². The zero-order chi connectivity index (χ0) is 21.9. The summed E-state index contributed by atoms with van der Waals surface area (Å²) in [4.78, 5) is 25.5. The zero-order valence-corrected chi connectivity index (χ0v) is 19.1. The second-order valence-corrected chi connectivity index (χ2v) is 9.60. The summed E-state index contributed by atoms with van der Waals surface area (Å²) in [6.07, 6.45) is 2.27. The maximum atomic E-state index is 12.3. The van der Waals surface area contributed by atoms with E-state index < -0.39 is 0 Å². The monoisotopic (exact) mass is 448 g/mol. The van der Waals surface area contributed by atoms with Crippen molar-refractivity contribution >= 4 is 17.2 Å². The minimum Gasteiger partial charge on any atom is -0.484 e. The van der Waals surface area contributed by atoms with Crippen molar-refractivity contribution in [3.05, 3.63) is 65.4 Å². The second kappa shape index (κ2) is 9.38. The molecule has 0 spiro atoms. The SMILES string of the molecule is Cc1nc(-c2cccs2)cc([C@@H]2CN3CC[C@H]2C[C@@H]3CNC(=O)COc2ccccc2)n1. The van der Waals surface area contributed by atoms with Crippen LogP contribution in [0.1, 0.15) is 30.3 Å². The van der Waals surface area contributed by atoms with Crippen molar-refractivity contribution in [1.82, 2.24) is 20.2 Å². The zero-order valence-electron chi connectivity index (χ0n) is 18.2. The Labute approximate surface area is 192 Å². The number of hydrogen-bond acceptors (Lipinski definition) is 6. The molecule has 2 aromatic heterocycles. The number of aromatic nitrogens is 2. The molecule has 1 unspecified atom stereocenters. The molecule has 7 heteroatoms. The van der Waals surface area contributed by atoms with Gasteiger partial charge in [0, 0.05) is 30.7 Å². The number of carbonyl (C=O) groups is 1. The summed E-state index contributed by atoms with van der Waals surface area (Å²) >= 11 is 1.72. The normalized spacial score (nSPS) is 24.3. The van der Waals surface area contributed by atoms with Crippen LogP contribution < -0.4 is 10.1 Å². The first-order chi connectivity index (χ1) is 15.7. The van der Waals surface area contributed by atoms with Gasteiger partial charge in [-0.05, 0) is 61.9 Å². The predicted molar refractivity (Wildman–Crippen MR) is 126 cm³/mol. The van der Waals surface area contributed by atoms with E-state index in [1.165, 1.54) is 11.3 Å². The minimum atomic E-state index is -0.0694. The van der Waals surface area contributed by atoms with Crippen LogP contribution in [0, 0.1) is 12.8 Å². The number of hydrogen-bond donors (Lipinski definition) is 1. The Kier molecular flexibility index (Phi) is 6.19. The van der Waals surface area contributed by atoms with Crippen LogP contribution in [0.3, 0.4) is 0 Å². The molecule has 1 amide bonds. The Bertz CT molecular complexity index is 1060. The third kappa shape index (κ3) is 4.69. The molecule has 5 heterocycles. The number of para-hydroxylation sites is 1. The number of fused-ring (bicyclic) bond motifs is 3. The molecule has 3 aliphatic heterocycles. The molecule has 3 aliphatic rings. The number of nitrogens with zero attached hydrogens (tertiary/aromatic N) is 3. The number of benzene rings is 1. The fourth-order valence-corrected chi connectivity index (χ4v) is 5.65. The van der Waals surface area contributed by atoms with Gasteiger partial charge in [0.15, 0.2) is 6.61 Å². The molecule has 1 N–H and O–H groups in total. The van der Waals surface area contributed by atoms with Gasteiger partial charge in [-0.3, -0.25) is 9.69 Å². The summed E-state index contributed by atoms with van der Waals surface area (Å²) in [5.41, 5.74) is 2.19. The second-order valence-electron chi connectivity index (χ2n) is 8.65. The highest BCUT2D eigenvalue weighted by Crippen LogP contribution is 2.41. The molecule has 6 nitrogen and oxygen atoms in total. The van der Waals surface area contributed by atoms with Crippen LogP contribution in [0.15, 0.2) is 53.9 Å². The lowest BCUT2D eigenvalue weighted by atomic mass is 9.74. The van der Waals surface area contributed by atoms with Gasteiger partial charge in [0.1, 0.15) is 11.6 Å². The van der Waals surface area contributed by atoms with Crippen LogP contribution in [-0.4, -0.2) is 53.1 Å². The lowest BCUT2D eigenvalue weighted by Gasteiger charge is -2.49. The summed E-state index contributed by atoms with van der Waals surface area (Å²) in [5.74, 6) is 2.50. The van der Waals surface area contributed by atoms with E-state index in [1.54, 1.807) is 11.3 Å². The first kappa shape index (κ1) is 21.1. The van der Waals surface area contributed by atoms with Gasteiger partial charge in [0.25, 0.3) is 5.91 Å². The molecule has 0 radical (unpaired) electrons. The van der Waals surface area contributed by atoms with E-state index in [0.717, 1.165) is 36.7 Å². The number of thiophene rings is 1.